The highest BCUT2D eigenvalue weighted by molar-refractivity contribution is 5.36. The number of pyridine rings is 1. The summed E-state index contributed by atoms with van der Waals surface area (Å²) in [6.07, 6.45) is 5.94. The lowest BCUT2D eigenvalue weighted by Crippen LogP contribution is -2.26. The molecule has 1 aliphatic rings. The van der Waals surface area contributed by atoms with Crippen LogP contribution in [0.2, 0.25) is 0 Å². The first-order chi connectivity index (χ1) is 8.33. The van der Waals surface area contributed by atoms with E-state index in [0.717, 1.165) is 23.9 Å². The maximum atomic E-state index is 4.23. The van der Waals surface area contributed by atoms with Crippen LogP contribution in [0.3, 0.4) is 0 Å². The average Bonchev–Trinajstić information content (AvgIpc) is 2.93. The fourth-order valence-corrected chi connectivity index (χ4v) is 2.64. The molecule has 2 aromatic rings. The molecule has 0 saturated heterocycles. The van der Waals surface area contributed by atoms with Crippen LogP contribution in [0.15, 0.2) is 24.4 Å². The van der Waals surface area contributed by atoms with E-state index in [0.29, 0.717) is 6.04 Å². The van der Waals surface area contributed by atoms with Gasteiger partial charge in [-0.1, -0.05) is 13.0 Å². The quantitative estimate of drug-likeness (QED) is 0.877. The highest BCUT2D eigenvalue weighted by Crippen LogP contribution is 2.24. The van der Waals surface area contributed by atoms with Crippen molar-refractivity contribution >= 4 is 5.65 Å². The Morgan fingerprint density at radius 2 is 2.29 bits per heavy atom. The molecule has 1 N–H and O–H groups in total. The summed E-state index contributed by atoms with van der Waals surface area (Å²) in [4.78, 5) is 0. The Morgan fingerprint density at radius 3 is 3.12 bits per heavy atom. The number of fused-ring (bicyclic) bond motifs is 1. The summed E-state index contributed by atoms with van der Waals surface area (Å²) < 4.78 is 2.05. The number of nitrogens with zero attached hydrogens (tertiary/aromatic N) is 3. The summed E-state index contributed by atoms with van der Waals surface area (Å²) in [7, 11) is 0. The molecule has 0 radical (unpaired) electrons. The zero-order valence-electron chi connectivity index (χ0n) is 10.1. The van der Waals surface area contributed by atoms with E-state index in [4.69, 9.17) is 0 Å². The molecule has 0 aromatic carbocycles. The zero-order valence-corrected chi connectivity index (χ0v) is 10.1. The third-order valence-electron chi connectivity index (χ3n) is 3.63. The molecule has 0 aliphatic heterocycles. The van der Waals surface area contributed by atoms with Gasteiger partial charge in [-0.3, -0.25) is 4.40 Å². The van der Waals surface area contributed by atoms with E-state index in [-0.39, 0.29) is 0 Å². The van der Waals surface area contributed by atoms with Gasteiger partial charge in [-0.25, -0.2) is 0 Å². The van der Waals surface area contributed by atoms with E-state index in [1.807, 2.05) is 28.8 Å². The predicted octanol–water partition coefficient (Wildman–Crippen LogP) is 2.01. The van der Waals surface area contributed by atoms with Gasteiger partial charge in [0, 0.05) is 12.2 Å². The van der Waals surface area contributed by atoms with Gasteiger partial charge in [0.25, 0.3) is 0 Å². The molecule has 2 aromatic heterocycles. The minimum atomic E-state index is 0.654. The van der Waals surface area contributed by atoms with E-state index in [2.05, 4.69) is 22.4 Å². The maximum Gasteiger partial charge on any atom is 0.160 e. The van der Waals surface area contributed by atoms with Gasteiger partial charge >= 0.3 is 0 Å². The van der Waals surface area contributed by atoms with Gasteiger partial charge in [-0.05, 0) is 37.3 Å². The van der Waals surface area contributed by atoms with Crippen molar-refractivity contribution in [3.8, 4) is 0 Å². The Hall–Kier alpha value is -1.42. The van der Waals surface area contributed by atoms with Crippen LogP contribution in [0.5, 0.6) is 0 Å². The molecule has 2 heterocycles. The Balaban J connectivity index is 1.69. The SMILES string of the molecule is CC1CCC(NCc2nnc3ccccn23)C1. The van der Waals surface area contributed by atoms with E-state index < -0.39 is 0 Å². The monoisotopic (exact) mass is 230 g/mol. The molecule has 0 spiro atoms. The normalized spacial score (nSPS) is 24.5. The van der Waals surface area contributed by atoms with Gasteiger partial charge in [-0.2, -0.15) is 0 Å². The van der Waals surface area contributed by atoms with Crippen molar-refractivity contribution in [2.45, 2.75) is 38.8 Å². The molecule has 0 amide bonds. The first-order valence-corrected chi connectivity index (χ1v) is 6.35. The summed E-state index contributed by atoms with van der Waals surface area (Å²) in [6, 6.07) is 6.63. The second-order valence-electron chi connectivity index (χ2n) is 5.04. The molecule has 4 nitrogen and oxygen atoms in total. The molecule has 4 heteroatoms. The second-order valence-corrected chi connectivity index (χ2v) is 5.04. The van der Waals surface area contributed by atoms with Crippen LogP contribution >= 0.6 is 0 Å². The molecule has 2 atom stereocenters. The van der Waals surface area contributed by atoms with Crippen LogP contribution in [0.1, 0.15) is 32.0 Å². The molecule has 0 bridgehead atoms. The third-order valence-corrected chi connectivity index (χ3v) is 3.63. The van der Waals surface area contributed by atoms with Crippen molar-refractivity contribution in [3.63, 3.8) is 0 Å². The average molecular weight is 230 g/mol. The van der Waals surface area contributed by atoms with Gasteiger partial charge in [0.05, 0.1) is 6.54 Å². The van der Waals surface area contributed by atoms with Crippen molar-refractivity contribution in [3.05, 3.63) is 30.2 Å². The standard InChI is InChI=1S/C13H18N4/c1-10-5-6-11(8-10)14-9-13-16-15-12-4-2-3-7-17(12)13/h2-4,7,10-11,14H,5-6,8-9H2,1H3. The lowest BCUT2D eigenvalue weighted by molar-refractivity contribution is 0.492. The molecular weight excluding hydrogens is 212 g/mol. The predicted molar refractivity (Wildman–Crippen MR) is 66.6 cm³/mol. The molecule has 1 aliphatic carbocycles. The number of rotatable bonds is 3. The van der Waals surface area contributed by atoms with Gasteiger partial charge < -0.3 is 5.32 Å². The Bertz CT molecular complexity index is 505. The summed E-state index contributed by atoms with van der Waals surface area (Å²) in [5.74, 6) is 1.86. The van der Waals surface area contributed by atoms with E-state index >= 15 is 0 Å². The van der Waals surface area contributed by atoms with Gasteiger partial charge in [0.15, 0.2) is 11.5 Å². The molecule has 90 valence electrons. The van der Waals surface area contributed by atoms with Crippen molar-refractivity contribution in [1.29, 1.82) is 0 Å². The Labute approximate surface area is 101 Å². The summed E-state index contributed by atoms with van der Waals surface area (Å²) in [5, 5.41) is 12.0. The fraction of sp³-hybridized carbons (Fsp3) is 0.538. The van der Waals surface area contributed by atoms with Crippen molar-refractivity contribution < 1.29 is 0 Å². The van der Waals surface area contributed by atoms with Gasteiger partial charge in [0.1, 0.15) is 0 Å². The smallest absolute Gasteiger partial charge is 0.160 e. The largest absolute Gasteiger partial charge is 0.307 e. The third kappa shape index (κ3) is 2.17. The summed E-state index contributed by atoms with van der Waals surface area (Å²) in [6.45, 7) is 3.14. The maximum absolute atomic E-state index is 4.23. The molecule has 1 fully saturated rings. The lowest BCUT2D eigenvalue weighted by atomic mass is 10.1. The van der Waals surface area contributed by atoms with Gasteiger partial charge in [-0.15, -0.1) is 10.2 Å². The lowest BCUT2D eigenvalue weighted by Gasteiger charge is -2.10. The van der Waals surface area contributed by atoms with Crippen molar-refractivity contribution in [2.24, 2.45) is 5.92 Å². The number of aromatic nitrogens is 3. The molecule has 3 rings (SSSR count). The molecule has 2 unspecified atom stereocenters. The number of nitrogens with one attached hydrogen (secondary N) is 1. The first-order valence-electron chi connectivity index (χ1n) is 6.35. The zero-order chi connectivity index (χ0) is 11.7. The van der Waals surface area contributed by atoms with Crippen LogP contribution in [0.25, 0.3) is 5.65 Å². The van der Waals surface area contributed by atoms with Crippen LogP contribution in [-0.4, -0.2) is 20.6 Å². The van der Waals surface area contributed by atoms with E-state index in [9.17, 15) is 0 Å². The molecular formula is C13H18N4. The van der Waals surface area contributed by atoms with Gasteiger partial charge in [0.2, 0.25) is 0 Å². The first kappa shape index (κ1) is 10.7. The van der Waals surface area contributed by atoms with Crippen LogP contribution < -0.4 is 5.32 Å². The highest BCUT2D eigenvalue weighted by atomic mass is 15.3. The van der Waals surface area contributed by atoms with Crippen molar-refractivity contribution in [1.82, 2.24) is 19.9 Å². The van der Waals surface area contributed by atoms with Crippen LogP contribution in [-0.2, 0) is 6.54 Å². The molecule has 1 saturated carbocycles. The van der Waals surface area contributed by atoms with E-state index in [1.54, 1.807) is 0 Å². The minimum absolute atomic E-state index is 0.654. The Kier molecular flexibility index (Phi) is 2.81. The van der Waals surface area contributed by atoms with Crippen molar-refractivity contribution in [2.75, 3.05) is 0 Å². The Morgan fingerprint density at radius 1 is 1.35 bits per heavy atom. The van der Waals surface area contributed by atoms with Crippen LogP contribution in [0.4, 0.5) is 0 Å². The molecule has 17 heavy (non-hydrogen) atoms. The second kappa shape index (κ2) is 4.45. The summed E-state index contributed by atoms with van der Waals surface area (Å²) >= 11 is 0. The number of hydrogen-bond acceptors (Lipinski definition) is 3. The minimum Gasteiger partial charge on any atom is -0.307 e. The number of hydrogen-bond donors (Lipinski definition) is 1. The van der Waals surface area contributed by atoms with Crippen LogP contribution in [0, 0.1) is 5.92 Å². The highest BCUT2D eigenvalue weighted by Gasteiger charge is 2.20. The fourth-order valence-electron chi connectivity index (χ4n) is 2.64. The van der Waals surface area contributed by atoms with E-state index in [1.165, 1.54) is 19.3 Å². The summed E-state index contributed by atoms with van der Waals surface area (Å²) in [5.41, 5.74) is 0.920. The topological polar surface area (TPSA) is 42.2 Å².